The zero-order chi connectivity index (χ0) is 15.6. The molecular weight excluding hydrogens is 354 g/mol. The molecule has 1 amide bonds. The van der Waals surface area contributed by atoms with Crippen LogP contribution in [0.5, 0.6) is 0 Å². The Balaban J connectivity index is 2.24. The highest BCUT2D eigenvalue weighted by Gasteiger charge is 2.21. The third-order valence-electron chi connectivity index (χ3n) is 3.17. The minimum Gasteiger partial charge on any atom is -0.464 e. The third kappa shape index (κ3) is 3.89. The molecule has 3 nitrogen and oxygen atoms in total. The Labute approximate surface area is 138 Å². The molecule has 2 rings (SSSR count). The highest BCUT2D eigenvalue weighted by molar-refractivity contribution is 9.10. The molecule has 0 aliphatic heterocycles. The molecule has 0 radical (unpaired) electrons. The van der Waals surface area contributed by atoms with Crippen molar-refractivity contribution in [3.63, 3.8) is 0 Å². The van der Waals surface area contributed by atoms with Gasteiger partial charge in [0.15, 0.2) is 0 Å². The number of furan rings is 1. The molecule has 0 fully saturated rings. The minimum absolute atomic E-state index is 0.0605. The van der Waals surface area contributed by atoms with Crippen LogP contribution in [0.4, 0.5) is 0 Å². The Hall–Kier alpha value is -1.26. The van der Waals surface area contributed by atoms with E-state index in [9.17, 15) is 4.79 Å². The van der Waals surface area contributed by atoms with E-state index in [1.54, 1.807) is 23.1 Å². The van der Waals surface area contributed by atoms with Crippen molar-refractivity contribution >= 4 is 33.4 Å². The van der Waals surface area contributed by atoms with E-state index in [1.165, 1.54) is 0 Å². The van der Waals surface area contributed by atoms with Gasteiger partial charge in [0.1, 0.15) is 11.5 Å². The number of rotatable bonds is 4. The van der Waals surface area contributed by atoms with Crippen molar-refractivity contribution in [2.24, 2.45) is 0 Å². The third-order valence-corrected chi connectivity index (χ3v) is 4.41. The van der Waals surface area contributed by atoms with Gasteiger partial charge in [0.05, 0.1) is 11.6 Å². The highest BCUT2D eigenvalue weighted by Crippen LogP contribution is 2.24. The van der Waals surface area contributed by atoms with Crippen LogP contribution in [-0.4, -0.2) is 16.8 Å². The summed E-state index contributed by atoms with van der Waals surface area (Å²) in [4.78, 5) is 14.4. The zero-order valence-electron chi connectivity index (χ0n) is 12.2. The van der Waals surface area contributed by atoms with Gasteiger partial charge in [0.25, 0.3) is 5.91 Å². The maximum atomic E-state index is 12.7. The first-order chi connectivity index (χ1) is 9.88. The minimum atomic E-state index is -0.0616. The van der Waals surface area contributed by atoms with Crippen molar-refractivity contribution in [1.82, 2.24) is 4.90 Å². The van der Waals surface area contributed by atoms with Crippen molar-refractivity contribution in [1.29, 1.82) is 0 Å². The first kappa shape index (κ1) is 16.1. The predicted molar refractivity (Wildman–Crippen MR) is 87.6 cm³/mol. The van der Waals surface area contributed by atoms with Crippen molar-refractivity contribution in [3.05, 3.63) is 56.9 Å². The smallest absolute Gasteiger partial charge is 0.254 e. The van der Waals surface area contributed by atoms with Crippen LogP contribution in [0.25, 0.3) is 0 Å². The number of halogens is 2. The summed E-state index contributed by atoms with van der Waals surface area (Å²) in [7, 11) is 0. The summed E-state index contributed by atoms with van der Waals surface area (Å²) in [6.45, 7) is 6.29. The zero-order valence-corrected chi connectivity index (χ0v) is 14.5. The number of hydrogen-bond acceptors (Lipinski definition) is 2. The molecule has 0 saturated carbocycles. The summed E-state index contributed by atoms with van der Waals surface area (Å²) < 4.78 is 6.34. The number of carbonyl (C=O) groups excluding carboxylic acids is 1. The van der Waals surface area contributed by atoms with E-state index in [1.807, 2.05) is 32.9 Å². The van der Waals surface area contributed by atoms with E-state index in [0.29, 0.717) is 17.1 Å². The lowest BCUT2D eigenvalue weighted by molar-refractivity contribution is 0.0675. The SMILES string of the molecule is Cc1ccc(CN(C(=O)c2ccc(Br)c(Cl)c2)C(C)C)o1. The van der Waals surface area contributed by atoms with Crippen molar-refractivity contribution in [2.45, 2.75) is 33.4 Å². The van der Waals surface area contributed by atoms with E-state index in [0.717, 1.165) is 16.0 Å². The molecule has 0 bridgehead atoms. The fraction of sp³-hybridized carbons (Fsp3) is 0.312. The van der Waals surface area contributed by atoms with Crippen LogP contribution in [0, 0.1) is 6.92 Å². The summed E-state index contributed by atoms with van der Waals surface area (Å²) in [6.07, 6.45) is 0. The number of nitrogens with zero attached hydrogens (tertiary/aromatic N) is 1. The first-order valence-electron chi connectivity index (χ1n) is 6.70. The summed E-state index contributed by atoms with van der Waals surface area (Å²) in [5, 5.41) is 0.526. The molecule has 2 aromatic rings. The van der Waals surface area contributed by atoms with E-state index >= 15 is 0 Å². The molecule has 112 valence electrons. The van der Waals surface area contributed by atoms with E-state index in [-0.39, 0.29) is 11.9 Å². The van der Waals surface area contributed by atoms with E-state index in [4.69, 9.17) is 16.0 Å². The highest BCUT2D eigenvalue weighted by atomic mass is 79.9. The van der Waals surface area contributed by atoms with Gasteiger partial charge in [-0.2, -0.15) is 0 Å². The lowest BCUT2D eigenvalue weighted by Gasteiger charge is -2.26. The molecule has 0 atom stereocenters. The number of hydrogen-bond donors (Lipinski definition) is 0. The maximum absolute atomic E-state index is 12.7. The van der Waals surface area contributed by atoms with Gasteiger partial charge in [-0.15, -0.1) is 0 Å². The number of amides is 1. The molecule has 21 heavy (non-hydrogen) atoms. The standard InChI is InChI=1S/C16H17BrClNO2/c1-10(2)19(9-13-6-4-11(3)21-13)16(20)12-5-7-14(17)15(18)8-12/h4-8,10H,9H2,1-3H3. The molecule has 1 aromatic carbocycles. The van der Waals surface area contributed by atoms with Crippen LogP contribution >= 0.6 is 27.5 Å². The lowest BCUT2D eigenvalue weighted by atomic mass is 10.1. The van der Waals surface area contributed by atoms with Crippen molar-refractivity contribution < 1.29 is 9.21 Å². The summed E-state index contributed by atoms with van der Waals surface area (Å²) >= 11 is 9.40. The molecule has 1 aromatic heterocycles. The second kappa shape index (κ2) is 6.67. The summed E-state index contributed by atoms with van der Waals surface area (Å²) in [5.74, 6) is 1.55. The Morgan fingerprint density at radius 3 is 2.57 bits per heavy atom. The van der Waals surface area contributed by atoms with Gasteiger partial charge in [0.2, 0.25) is 0 Å². The molecule has 0 N–H and O–H groups in total. The Bertz CT molecular complexity index is 651. The molecule has 0 saturated heterocycles. The van der Waals surface area contributed by atoms with Crippen LogP contribution in [0.1, 0.15) is 35.7 Å². The predicted octanol–water partition coefficient (Wildman–Crippen LogP) is 5.05. The second-order valence-electron chi connectivity index (χ2n) is 5.17. The summed E-state index contributed by atoms with van der Waals surface area (Å²) in [6, 6.07) is 9.08. The second-order valence-corrected chi connectivity index (χ2v) is 6.43. The van der Waals surface area contributed by atoms with Gasteiger partial charge in [-0.05, 0) is 67.0 Å². The normalized spacial score (nSPS) is 11.0. The van der Waals surface area contributed by atoms with Gasteiger partial charge in [-0.25, -0.2) is 0 Å². The lowest BCUT2D eigenvalue weighted by Crippen LogP contribution is -2.36. The van der Waals surface area contributed by atoms with Gasteiger partial charge >= 0.3 is 0 Å². The first-order valence-corrected chi connectivity index (χ1v) is 7.87. The molecular formula is C16H17BrClNO2. The topological polar surface area (TPSA) is 33.5 Å². The van der Waals surface area contributed by atoms with Gasteiger partial charge in [-0.1, -0.05) is 11.6 Å². The fourth-order valence-electron chi connectivity index (χ4n) is 2.02. The summed E-state index contributed by atoms with van der Waals surface area (Å²) in [5.41, 5.74) is 0.570. The van der Waals surface area contributed by atoms with Gasteiger partial charge in [-0.3, -0.25) is 4.79 Å². The fourth-order valence-corrected chi connectivity index (χ4v) is 2.45. The van der Waals surface area contributed by atoms with Gasteiger partial charge in [0, 0.05) is 16.1 Å². The molecule has 0 aliphatic carbocycles. The van der Waals surface area contributed by atoms with Crippen LogP contribution in [0.2, 0.25) is 5.02 Å². The van der Waals surface area contributed by atoms with Crippen LogP contribution in [-0.2, 0) is 6.54 Å². The quantitative estimate of drug-likeness (QED) is 0.754. The Morgan fingerprint density at radius 1 is 1.33 bits per heavy atom. The van der Waals surface area contributed by atoms with E-state index in [2.05, 4.69) is 15.9 Å². The van der Waals surface area contributed by atoms with Crippen LogP contribution in [0.15, 0.2) is 39.2 Å². The van der Waals surface area contributed by atoms with Crippen LogP contribution < -0.4 is 0 Å². The largest absolute Gasteiger partial charge is 0.464 e. The molecule has 1 heterocycles. The molecule has 5 heteroatoms. The Morgan fingerprint density at radius 2 is 2.05 bits per heavy atom. The molecule has 0 unspecified atom stereocenters. The van der Waals surface area contributed by atoms with Crippen LogP contribution in [0.3, 0.4) is 0 Å². The van der Waals surface area contributed by atoms with E-state index < -0.39 is 0 Å². The number of benzene rings is 1. The molecule has 0 spiro atoms. The Kier molecular flexibility index (Phi) is 5.12. The monoisotopic (exact) mass is 369 g/mol. The number of aryl methyl sites for hydroxylation is 1. The molecule has 0 aliphatic rings. The maximum Gasteiger partial charge on any atom is 0.254 e. The van der Waals surface area contributed by atoms with Gasteiger partial charge < -0.3 is 9.32 Å². The van der Waals surface area contributed by atoms with Crippen molar-refractivity contribution in [2.75, 3.05) is 0 Å². The number of carbonyl (C=O) groups is 1. The average molecular weight is 371 g/mol. The van der Waals surface area contributed by atoms with Crippen molar-refractivity contribution in [3.8, 4) is 0 Å². The average Bonchev–Trinajstić information content (AvgIpc) is 2.83.